The molecule has 6 heteroatoms. The Morgan fingerprint density at radius 3 is 2.74 bits per heavy atom. The van der Waals surface area contributed by atoms with Gasteiger partial charge in [-0.2, -0.15) is 0 Å². The SMILES string of the molecule is C[C@@H](N)[C@](O)(Cn1ccnc1)c1ccc(F)cc1F. The van der Waals surface area contributed by atoms with Gasteiger partial charge in [-0.15, -0.1) is 0 Å². The third kappa shape index (κ3) is 2.64. The largest absolute Gasteiger partial charge is 0.382 e. The highest BCUT2D eigenvalue weighted by Crippen LogP contribution is 2.29. The first kappa shape index (κ1) is 13.6. The first-order valence-electron chi connectivity index (χ1n) is 5.82. The van der Waals surface area contributed by atoms with Crippen LogP contribution in [0.25, 0.3) is 0 Å². The van der Waals surface area contributed by atoms with Crippen LogP contribution in [0.4, 0.5) is 8.78 Å². The predicted molar refractivity (Wildman–Crippen MR) is 66.1 cm³/mol. The summed E-state index contributed by atoms with van der Waals surface area (Å²) in [7, 11) is 0. The molecule has 0 saturated heterocycles. The van der Waals surface area contributed by atoms with Crippen LogP contribution in [0.5, 0.6) is 0 Å². The summed E-state index contributed by atoms with van der Waals surface area (Å²) in [5.74, 6) is -1.52. The van der Waals surface area contributed by atoms with Crippen LogP contribution in [0.15, 0.2) is 36.9 Å². The lowest BCUT2D eigenvalue weighted by molar-refractivity contribution is -0.00543. The second-order valence-corrected chi connectivity index (χ2v) is 4.57. The van der Waals surface area contributed by atoms with Gasteiger partial charge < -0.3 is 15.4 Å². The average Bonchev–Trinajstić information content (AvgIpc) is 2.81. The van der Waals surface area contributed by atoms with Gasteiger partial charge >= 0.3 is 0 Å². The van der Waals surface area contributed by atoms with Crippen molar-refractivity contribution < 1.29 is 13.9 Å². The van der Waals surface area contributed by atoms with Gasteiger partial charge in [0.15, 0.2) is 0 Å². The molecule has 1 aromatic carbocycles. The molecule has 0 bridgehead atoms. The maximum absolute atomic E-state index is 13.9. The summed E-state index contributed by atoms with van der Waals surface area (Å²) in [5, 5.41) is 10.7. The molecule has 3 N–H and O–H groups in total. The molecule has 19 heavy (non-hydrogen) atoms. The molecule has 0 amide bonds. The summed E-state index contributed by atoms with van der Waals surface area (Å²) >= 11 is 0. The van der Waals surface area contributed by atoms with E-state index in [9.17, 15) is 13.9 Å². The van der Waals surface area contributed by atoms with E-state index in [-0.39, 0.29) is 12.1 Å². The Kier molecular flexibility index (Phi) is 3.64. The number of benzene rings is 1. The lowest BCUT2D eigenvalue weighted by atomic mass is 9.87. The van der Waals surface area contributed by atoms with Crippen LogP contribution in [0, 0.1) is 11.6 Å². The van der Waals surface area contributed by atoms with Gasteiger partial charge in [-0.05, 0) is 13.0 Å². The fourth-order valence-electron chi connectivity index (χ4n) is 1.97. The van der Waals surface area contributed by atoms with E-state index in [1.165, 1.54) is 12.4 Å². The number of hydrogen-bond donors (Lipinski definition) is 2. The van der Waals surface area contributed by atoms with Gasteiger partial charge in [-0.1, -0.05) is 6.07 Å². The Morgan fingerprint density at radius 1 is 1.47 bits per heavy atom. The number of rotatable bonds is 4. The Balaban J connectivity index is 2.43. The zero-order valence-electron chi connectivity index (χ0n) is 10.4. The molecular weight excluding hydrogens is 252 g/mol. The molecule has 0 spiro atoms. The first-order valence-corrected chi connectivity index (χ1v) is 5.82. The zero-order chi connectivity index (χ0) is 14.0. The lowest BCUT2D eigenvalue weighted by Gasteiger charge is -2.33. The van der Waals surface area contributed by atoms with E-state index in [1.807, 2.05) is 0 Å². The molecule has 0 radical (unpaired) electrons. The Hall–Kier alpha value is -1.79. The Labute approximate surface area is 109 Å². The van der Waals surface area contributed by atoms with Crippen LogP contribution < -0.4 is 5.73 Å². The molecule has 0 fully saturated rings. The molecule has 0 saturated carbocycles. The summed E-state index contributed by atoms with van der Waals surface area (Å²) in [4.78, 5) is 3.85. The average molecular weight is 267 g/mol. The molecule has 0 aliphatic heterocycles. The van der Waals surface area contributed by atoms with Gasteiger partial charge in [0.25, 0.3) is 0 Å². The Bertz CT molecular complexity index is 557. The van der Waals surface area contributed by atoms with Crippen LogP contribution >= 0.6 is 0 Å². The van der Waals surface area contributed by atoms with Crippen molar-refractivity contribution in [2.45, 2.75) is 25.1 Å². The van der Waals surface area contributed by atoms with Gasteiger partial charge in [-0.25, -0.2) is 13.8 Å². The second-order valence-electron chi connectivity index (χ2n) is 4.57. The van der Waals surface area contributed by atoms with Gasteiger partial charge in [-0.3, -0.25) is 0 Å². The van der Waals surface area contributed by atoms with Gasteiger partial charge in [0.2, 0.25) is 0 Å². The molecule has 0 unspecified atom stereocenters. The molecule has 4 nitrogen and oxygen atoms in total. The maximum Gasteiger partial charge on any atom is 0.132 e. The van der Waals surface area contributed by atoms with Gasteiger partial charge in [0.1, 0.15) is 17.2 Å². The molecule has 2 rings (SSSR count). The van der Waals surface area contributed by atoms with Crippen molar-refractivity contribution in [3.63, 3.8) is 0 Å². The highest BCUT2D eigenvalue weighted by molar-refractivity contribution is 5.26. The van der Waals surface area contributed by atoms with E-state index in [1.54, 1.807) is 23.9 Å². The lowest BCUT2D eigenvalue weighted by Crippen LogP contribution is -2.47. The third-order valence-corrected chi connectivity index (χ3v) is 3.13. The summed E-state index contributed by atoms with van der Waals surface area (Å²) in [5.41, 5.74) is 4.11. The highest BCUT2D eigenvalue weighted by Gasteiger charge is 2.36. The van der Waals surface area contributed by atoms with Crippen molar-refractivity contribution >= 4 is 0 Å². The molecule has 102 valence electrons. The number of nitrogens with two attached hydrogens (primary N) is 1. The summed E-state index contributed by atoms with van der Waals surface area (Å²) in [6.07, 6.45) is 4.67. The summed E-state index contributed by atoms with van der Waals surface area (Å²) in [6, 6.07) is 2.30. The van der Waals surface area contributed by atoms with Crippen LogP contribution in [0.1, 0.15) is 12.5 Å². The van der Waals surface area contributed by atoms with E-state index < -0.39 is 23.3 Å². The molecule has 1 aromatic heterocycles. The van der Waals surface area contributed by atoms with Crippen LogP contribution in [0.3, 0.4) is 0 Å². The van der Waals surface area contributed by atoms with E-state index in [4.69, 9.17) is 5.73 Å². The van der Waals surface area contributed by atoms with E-state index in [0.29, 0.717) is 0 Å². The first-order chi connectivity index (χ1) is 8.93. The number of nitrogens with zero attached hydrogens (tertiary/aromatic N) is 2. The van der Waals surface area contributed by atoms with Crippen molar-refractivity contribution in [3.05, 3.63) is 54.1 Å². The normalized spacial score (nSPS) is 16.1. The smallest absolute Gasteiger partial charge is 0.132 e. The number of imidazole rings is 1. The molecule has 0 aliphatic carbocycles. The van der Waals surface area contributed by atoms with Crippen molar-refractivity contribution in [1.29, 1.82) is 0 Å². The predicted octanol–water partition coefficient (Wildman–Crippen LogP) is 1.40. The van der Waals surface area contributed by atoms with Crippen molar-refractivity contribution in [2.75, 3.05) is 0 Å². The van der Waals surface area contributed by atoms with E-state index in [2.05, 4.69) is 4.98 Å². The fourth-order valence-corrected chi connectivity index (χ4v) is 1.97. The minimum Gasteiger partial charge on any atom is -0.382 e. The molecule has 2 aromatic rings. The standard InChI is InChI=1S/C13H15F2N3O/c1-9(16)13(19,7-18-5-4-17-8-18)11-3-2-10(14)6-12(11)15/h2-6,8-9,19H,7,16H2,1H3/t9-,13-/m1/s1. The molecule has 1 heterocycles. The number of hydrogen-bond acceptors (Lipinski definition) is 3. The topological polar surface area (TPSA) is 64.1 Å². The number of aliphatic hydroxyl groups is 1. The van der Waals surface area contributed by atoms with Crippen molar-refractivity contribution in [3.8, 4) is 0 Å². The molecule has 2 atom stereocenters. The Morgan fingerprint density at radius 2 is 2.21 bits per heavy atom. The van der Waals surface area contributed by atoms with Crippen LogP contribution in [-0.4, -0.2) is 20.7 Å². The van der Waals surface area contributed by atoms with E-state index >= 15 is 0 Å². The van der Waals surface area contributed by atoms with Crippen LogP contribution in [0.2, 0.25) is 0 Å². The number of halogens is 2. The van der Waals surface area contributed by atoms with Gasteiger partial charge in [0, 0.05) is 30.1 Å². The highest BCUT2D eigenvalue weighted by atomic mass is 19.1. The maximum atomic E-state index is 13.9. The summed E-state index contributed by atoms with van der Waals surface area (Å²) < 4.78 is 28.4. The monoisotopic (exact) mass is 267 g/mol. The minimum atomic E-state index is -1.64. The fraction of sp³-hybridized carbons (Fsp3) is 0.308. The summed E-state index contributed by atoms with van der Waals surface area (Å²) in [6.45, 7) is 1.60. The quantitative estimate of drug-likeness (QED) is 0.880. The van der Waals surface area contributed by atoms with Crippen molar-refractivity contribution in [2.24, 2.45) is 5.73 Å². The molecule has 0 aliphatic rings. The van der Waals surface area contributed by atoms with Gasteiger partial charge in [0.05, 0.1) is 12.9 Å². The zero-order valence-corrected chi connectivity index (χ0v) is 10.4. The second kappa shape index (κ2) is 5.07. The number of aromatic nitrogens is 2. The third-order valence-electron chi connectivity index (χ3n) is 3.13. The van der Waals surface area contributed by atoms with E-state index in [0.717, 1.165) is 12.1 Å². The van der Waals surface area contributed by atoms with Crippen molar-refractivity contribution in [1.82, 2.24) is 9.55 Å². The van der Waals surface area contributed by atoms with Crippen LogP contribution in [-0.2, 0) is 12.1 Å². The molecular formula is C13H15F2N3O. The minimum absolute atomic E-state index is 0.0300.